The second kappa shape index (κ2) is 6.08. The number of methoxy groups -OCH3 is 1. The van der Waals surface area contributed by atoms with Gasteiger partial charge < -0.3 is 20.5 Å². The first kappa shape index (κ1) is 15.6. The van der Waals surface area contributed by atoms with Crippen molar-refractivity contribution in [2.24, 2.45) is 5.73 Å². The van der Waals surface area contributed by atoms with E-state index in [1.165, 1.54) is 12.1 Å². The van der Waals surface area contributed by atoms with E-state index in [0.29, 0.717) is 24.5 Å². The molecule has 1 heterocycles. The molecule has 2 aromatic rings. The fourth-order valence-corrected chi connectivity index (χ4v) is 3.07. The molecule has 5 heteroatoms. The van der Waals surface area contributed by atoms with Gasteiger partial charge in [0.05, 0.1) is 19.3 Å². The largest absolute Gasteiger partial charge is 0.497 e. The Kier molecular flexibility index (Phi) is 4.13. The molecular weight excluding hydrogens is 295 g/mol. The second-order valence-corrected chi connectivity index (χ2v) is 5.82. The minimum absolute atomic E-state index is 0.120. The van der Waals surface area contributed by atoms with Crippen LogP contribution in [0, 0.1) is 19.7 Å². The lowest BCUT2D eigenvalue weighted by atomic mass is 9.93. The molecule has 0 radical (unpaired) electrons. The van der Waals surface area contributed by atoms with Crippen LogP contribution in [0.2, 0.25) is 0 Å². The predicted molar refractivity (Wildman–Crippen MR) is 89.8 cm³/mol. The maximum Gasteiger partial charge on any atom is 0.151 e. The molecule has 23 heavy (non-hydrogen) atoms. The van der Waals surface area contributed by atoms with Crippen molar-refractivity contribution in [1.29, 1.82) is 0 Å². The van der Waals surface area contributed by atoms with Gasteiger partial charge in [-0.05, 0) is 48.7 Å². The molecule has 1 aliphatic heterocycles. The fourth-order valence-electron chi connectivity index (χ4n) is 3.07. The molecule has 1 atom stereocenters. The highest BCUT2D eigenvalue weighted by molar-refractivity contribution is 5.83. The zero-order chi connectivity index (χ0) is 16.6. The number of rotatable bonds is 3. The van der Waals surface area contributed by atoms with E-state index in [4.69, 9.17) is 15.2 Å². The van der Waals surface area contributed by atoms with Gasteiger partial charge in [0.25, 0.3) is 0 Å². The third-order valence-electron chi connectivity index (χ3n) is 4.13. The SMILES string of the molecule is COc1cc(C)c(-c2cc(F)cc3c2O[C@H](CN)CN3)c(C)c1. The molecule has 0 saturated heterocycles. The Labute approximate surface area is 135 Å². The van der Waals surface area contributed by atoms with Crippen LogP contribution in [0.3, 0.4) is 0 Å². The zero-order valence-corrected chi connectivity index (χ0v) is 13.6. The van der Waals surface area contributed by atoms with E-state index >= 15 is 0 Å². The normalized spacial score (nSPS) is 16.3. The number of nitrogens with one attached hydrogen (secondary N) is 1. The van der Waals surface area contributed by atoms with Crippen LogP contribution >= 0.6 is 0 Å². The van der Waals surface area contributed by atoms with Gasteiger partial charge in [0.15, 0.2) is 5.75 Å². The minimum Gasteiger partial charge on any atom is -0.497 e. The summed E-state index contributed by atoms with van der Waals surface area (Å²) >= 11 is 0. The van der Waals surface area contributed by atoms with Crippen LogP contribution in [0.1, 0.15) is 11.1 Å². The highest BCUT2D eigenvalue weighted by Gasteiger charge is 2.24. The molecule has 3 rings (SSSR count). The maximum atomic E-state index is 14.1. The van der Waals surface area contributed by atoms with Gasteiger partial charge in [0, 0.05) is 18.2 Å². The molecule has 3 N–H and O–H groups in total. The monoisotopic (exact) mass is 316 g/mol. The lowest BCUT2D eigenvalue weighted by molar-refractivity contribution is 0.215. The average molecular weight is 316 g/mol. The Morgan fingerprint density at radius 3 is 2.57 bits per heavy atom. The Morgan fingerprint density at radius 2 is 1.96 bits per heavy atom. The molecule has 0 saturated carbocycles. The number of fused-ring (bicyclic) bond motifs is 1. The van der Waals surface area contributed by atoms with Crippen LogP contribution in [-0.4, -0.2) is 26.3 Å². The van der Waals surface area contributed by atoms with E-state index in [2.05, 4.69) is 5.32 Å². The summed E-state index contributed by atoms with van der Waals surface area (Å²) < 4.78 is 25.4. The standard InChI is InChI=1S/C18H21FN2O2/c1-10-4-13(22-3)5-11(2)17(10)15-6-12(19)7-16-18(15)23-14(8-20)9-21-16/h4-7,14,21H,8-9,20H2,1-3H3/t14-/m1/s1. The van der Waals surface area contributed by atoms with Gasteiger partial charge in [-0.25, -0.2) is 4.39 Å². The first-order chi connectivity index (χ1) is 11.0. The van der Waals surface area contributed by atoms with Gasteiger partial charge in [0.2, 0.25) is 0 Å². The molecule has 0 fully saturated rings. The van der Waals surface area contributed by atoms with Gasteiger partial charge in [-0.15, -0.1) is 0 Å². The van der Waals surface area contributed by atoms with Crippen LogP contribution in [0.25, 0.3) is 11.1 Å². The summed E-state index contributed by atoms with van der Waals surface area (Å²) in [4.78, 5) is 0. The molecule has 0 unspecified atom stereocenters. The number of aryl methyl sites for hydroxylation is 2. The lowest BCUT2D eigenvalue weighted by Gasteiger charge is -2.29. The van der Waals surface area contributed by atoms with Crippen LogP contribution in [0.4, 0.5) is 10.1 Å². The summed E-state index contributed by atoms with van der Waals surface area (Å²) in [5.74, 6) is 1.15. The second-order valence-electron chi connectivity index (χ2n) is 5.82. The van der Waals surface area contributed by atoms with Crippen molar-refractivity contribution in [2.75, 3.05) is 25.5 Å². The van der Waals surface area contributed by atoms with Gasteiger partial charge in [-0.2, -0.15) is 0 Å². The number of hydrogen-bond donors (Lipinski definition) is 2. The molecule has 0 amide bonds. The summed E-state index contributed by atoms with van der Waals surface area (Å²) in [5.41, 5.74) is 10.1. The van der Waals surface area contributed by atoms with Crippen molar-refractivity contribution >= 4 is 5.69 Å². The molecule has 4 nitrogen and oxygen atoms in total. The van der Waals surface area contributed by atoms with Crippen molar-refractivity contribution in [3.05, 3.63) is 41.2 Å². The predicted octanol–water partition coefficient (Wildman–Crippen LogP) is 3.25. The Morgan fingerprint density at radius 1 is 1.26 bits per heavy atom. The molecule has 122 valence electrons. The van der Waals surface area contributed by atoms with Gasteiger partial charge in [-0.1, -0.05) is 0 Å². The molecular formula is C18H21FN2O2. The smallest absolute Gasteiger partial charge is 0.151 e. The Hall–Kier alpha value is -2.27. The maximum absolute atomic E-state index is 14.1. The summed E-state index contributed by atoms with van der Waals surface area (Å²) in [6, 6.07) is 6.85. The van der Waals surface area contributed by atoms with E-state index in [9.17, 15) is 4.39 Å². The molecule has 1 aliphatic rings. The number of benzene rings is 2. The zero-order valence-electron chi connectivity index (χ0n) is 13.6. The first-order valence-corrected chi connectivity index (χ1v) is 7.63. The average Bonchev–Trinajstić information content (AvgIpc) is 2.53. The topological polar surface area (TPSA) is 56.5 Å². The van der Waals surface area contributed by atoms with E-state index in [-0.39, 0.29) is 11.9 Å². The van der Waals surface area contributed by atoms with E-state index in [1.807, 2.05) is 26.0 Å². The first-order valence-electron chi connectivity index (χ1n) is 7.63. The van der Waals surface area contributed by atoms with Gasteiger partial charge >= 0.3 is 0 Å². The van der Waals surface area contributed by atoms with Crippen LogP contribution in [0.5, 0.6) is 11.5 Å². The van der Waals surface area contributed by atoms with Crippen molar-refractivity contribution in [1.82, 2.24) is 0 Å². The minimum atomic E-state index is -0.296. The van der Waals surface area contributed by atoms with Crippen LogP contribution in [-0.2, 0) is 0 Å². The van der Waals surface area contributed by atoms with E-state index in [0.717, 1.165) is 28.0 Å². The number of hydrogen-bond acceptors (Lipinski definition) is 4. The summed E-state index contributed by atoms with van der Waals surface area (Å²) in [6.07, 6.45) is -0.120. The lowest BCUT2D eigenvalue weighted by Crippen LogP contribution is -2.37. The third-order valence-corrected chi connectivity index (χ3v) is 4.13. The van der Waals surface area contributed by atoms with Gasteiger partial charge in [-0.3, -0.25) is 0 Å². The number of anilines is 1. The highest BCUT2D eigenvalue weighted by Crippen LogP contribution is 2.43. The molecule has 0 aromatic heterocycles. The molecule has 0 aliphatic carbocycles. The van der Waals surface area contributed by atoms with Crippen molar-refractivity contribution in [2.45, 2.75) is 20.0 Å². The molecule has 0 bridgehead atoms. The van der Waals surface area contributed by atoms with Crippen molar-refractivity contribution in [3.8, 4) is 22.6 Å². The van der Waals surface area contributed by atoms with Crippen molar-refractivity contribution in [3.63, 3.8) is 0 Å². The summed E-state index contributed by atoms with van der Waals surface area (Å²) in [7, 11) is 1.64. The fraction of sp³-hybridized carbons (Fsp3) is 0.333. The van der Waals surface area contributed by atoms with E-state index < -0.39 is 0 Å². The Balaban J connectivity index is 2.19. The highest BCUT2D eigenvalue weighted by atomic mass is 19.1. The third kappa shape index (κ3) is 2.84. The van der Waals surface area contributed by atoms with E-state index in [1.54, 1.807) is 7.11 Å². The Bertz CT molecular complexity index is 723. The molecule has 0 spiro atoms. The van der Waals surface area contributed by atoms with Crippen LogP contribution < -0.4 is 20.5 Å². The quantitative estimate of drug-likeness (QED) is 0.912. The van der Waals surface area contributed by atoms with Crippen molar-refractivity contribution < 1.29 is 13.9 Å². The number of halogens is 1. The number of nitrogens with two attached hydrogens (primary N) is 1. The summed E-state index contributed by atoms with van der Waals surface area (Å²) in [5, 5.41) is 3.21. The van der Waals surface area contributed by atoms with Crippen LogP contribution in [0.15, 0.2) is 24.3 Å². The molecule has 2 aromatic carbocycles. The number of ether oxygens (including phenoxy) is 2. The van der Waals surface area contributed by atoms with Gasteiger partial charge in [0.1, 0.15) is 17.7 Å². The summed E-state index contributed by atoms with van der Waals surface area (Å²) in [6.45, 7) is 4.95.